The minimum Gasteiger partial charge on any atom is -0.478 e. The number of carboxylic acid groups (broad SMARTS) is 1. The molecule has 0 fully saturated rings. The maximum atomic E-state index is 13.2. The second kappa shape index (κ2) is 8.62. The summed E-state index contributed by atoms with van der Waals surface area (Å²) in [5.74, 6) is -0.394. The second-order valence-corrected chi connectivity index (χ2v) is 7.63. The van der Waals surface area contributed by atoms with Gasteiger partial charge in [0.25, 0.3) is 11.8 Å². The highest BCUT2D eigenvalue weighted by Gasteiger charge is 2.21. The van der Waals surface area contributed by atoms with Crippen molar-refractivity contribution in [2.45, 2.75) is 6.54 Å². The summed E-state index contributed by atoms with van der Waals surface area (Å²) in [6, 6.07) is 18.2. The van der Waals surface area contributed by atoms with Crippen LogP contribution in [0.5, 0.6) is 11.5 Å². The quantitative estimate of drug-likeness (QED) is 0.349. The van der Waals surface area contributed by atoms with Crippen LogP contribution in [0.15, 0.2) is 66.7 Å². The fourth-order valence-electron chi connectivity index (χ4n) is 3.74. The molecule has 1 aliphatic rings. The molecule has 0 bridgehead atoms. The molecule has 0 aliphatic carbocycles. The number of fused-ring (bicyclic) bond motifs is 2. The highest BCUT2D eigenvalue weighted by atomic mass is 16.7. The molecule has 9 heteroatoms. The number of carboxylic acids is 1. The SMILES string of the molecule is O=C(O)c1ccc(C(=O)Nc2[nH]c3ccccc3c2C(=O)NCc2ccc3c(c2)OCO3)cc1. The highest BCUT2D eigenvalue weighted by Crippen LogP contribution is 2.32. The molecule has 0 saturated carbocycles. The van der Waals surface area contributed by atoms with E-state index in [0.29, 0.717) is 28.0 Å². The van der Waals surface area contributed by atoms with E-state index in [9.17, 15) is 14.4 Å². The van der Waals surface area contributed by atoms with Gasteiger partial charge in [-0.15, -0.1) is 0 Å². The van der Waals surface area contributed by atoms with Crippen LogP contribution in [0.1, 0.15) is 36.6 Å². The van der Waals surface area contributed by atoms with E-state index in [0.717, 1.165) is 5.56 Å². The molecule has 0 saturated heterocycles. The largest absolute Gasteiger partial charge is 0.478 e. The Morgan fingerprint density at radius 2 is 1.62 bits per heavy atom. The molecule has 0 atom stereocenters. The van der Waals surface area contributed by atoms with Gasteiger partial charge in [-0.25, -0.2) is 4.79 Å². The molecule has 9 nitrogen and oxygen atoms in total. The highest BCUT2D eigenvalue weighted by molar-refractivity contribution is 6.15. The maximum Gasteiger partial charge on any atom is 0.335 e. The number of aromatic amines is 1. The Bertz CT molecular complexity index is 1420. The molecule has 1 aliphatic heterocycles. The van der Waals surface area contributed by atoms with Crippen molar-refractivity contribution in [1.82, 2.24) is 10.3 Å². The number of para-hydroxylation sites is 1. The number of amides is 2. The monoisotopic (exact) mass is 457 g/mol. The van der Waals surface area contributed by atoms with E-state index in [-0.39, 0.29) is 36.2 Å². The van der Waals surface area contributed by atoms with Gasteiger partial charge in [-0.1, -0.05) is 24.3 Å². The molecule has 5 rings (SSSR count). The Morgan fingerprint density at radius 3 is 2.41 bits per heavy atom. The number of rotatable bonds is 6. The number of hydrogen-bond donors (Lipinski definition) is 4. The lowest BCUT2D eigenvalue weighted by molar-refractivity contribution is 0.0696. The van der Waals surface area contributed by atoms with Gasteiger partial charge in [0.1, 0.15) is 5.82 Å². The Balaban J connectivity index is 1.38. The van der Waals surface area contributed by atoms with Gasteiger partial charge in [-0.05, 0) is 48.0 Å². The van der Waals surface area contributed by atoms with E-state index in [4.69, 9.17) is 14.6 Å². The van der Waals surface area contributed by atoms with Crippen molar-refractivity contribution in [2.75, 3.05) is 12.1 Å². The lowest BCUT2D eigenvalue weighted by Gasteiger charge is -2.09. The first-order valence-electron chi connectivity index (χ1n) is 10.4. The van der Waals surface area contributed by atoms with Gasteiger partial charge in [0.2, 0.25) is 6.79 Å². The molecule has 1 aromatic heterocycles. The summed E-state index contributed by atoms with van der Waals surface area (Å²) in [6.45, 7) is 0.418. The summed E-state index contributed by atoms with van der Waals surface area (Å²) in [5, 5.41) is 15.3. The van der Waals surface area contributed by atoms with E-state index in [1.54, 1.807) is 30.3 Å². The number of nitrogens with one attached hydrogen (secondary N) is 3. The molecule has 2 heterocycles. The predicted octanol–water partition coefficient (Wildman–Crippen LogP) is 3.78. The standard InChI is InChI=1S/C25H19N3O6/c29-23(15-6-8-16(9-7-15)25(31)32)28-22-21(17-3-1-2-4-18(17)27-22)24(30)26-12-14-5-10-19-20(11-14)34-13-33-19/h1-11,27H,12-13H2,(H,26,30)(H,28,29)(H,31,32). The minimum absolute atomic E-state index is 0.0748. The fourth-order valence-corrected chi connectivity index (χ4v) is 3.74. The molecule has 2 amide bonds. The fraction of sp³-hybridized carbons (Fsp3) is 0.0800. The number of H-pyrrole nitrogens is 1. The Morgan fingerprint density at radius 1 is 0.882 bits per heavy atom. The normalized spacial score (nSPS) is 11.9. The number of ether oxygens (including phenoxy) is 2. The zero-order valence-corrected chi connectivity index (χ0v) is 17.8. The smallest absolute Gasteiger partial charge is 0.335 e. The number of anilines is 1. The Hall–Kier alpha value is -4.79. The topological polar surface area (TPSA) is 130 Å². The van der Waals surface area contributed by atoms with E-state index in [1.165, 1.54) is 24.3 Å². The van der Waals surface area contributed by atoms with Gasteiger partial charge < -0.3 is 30.2 Å². The zero-order valence-electron chi connectivity index (χ0n) is 17.8. The van der Waals surface area contributed by atoms with E-state index in [1.807, 2.05) is 12.1 Å². The first kappa shape index (κ1) is 21.1. The summed E-state index contributed by atoms with van der Waals surface area (Å²) in [6.07, 6.45) is 0. The first-order valence-corrected chi connectivity index (χ1v) is 10.4. The molecule has 4 N–H and O–H groups in total. The van der Waals surface area contributed by atoms with Crippen LogP contribution in [-0.4, -0.2) is 34.7 Å². The number of carbonyl (C=O) groups is 3. The van der Waals surface area contributed by atoms with Crippen LogP contribution < -0.4 is 20.1 Å². The summed E-state index contributed by atoms with van der Waals surface area (Å²) >= 11 is 0. The third kappa shape index (κ3) is 4.02. The Labute approximate surface area is 193 Å². The first-order chi connectivity index (χ1) is 16.5. The molecule has 170 valence electrons. The maximum absolute atomic E-state index is 13.2. The summed E-state index contributed by atoms with van der Waals surface area (Å²) in [4.78, 5) is 40.1. The van der Waals surface area contributed by atoms with Crippen molar-refractivity contribution >= 4 is 34.5 Å². The molecular weight excluding hydrogens is 438 g/mol. The summed E-state index contributed by atoms with van der Waals surface area (Å²) in [7, 11) is 0. The third-order valence-corrected chi connectivity index (χ3v) is 5.46. The van der Waals surface area contributed by atoms with Crippen LogP contribution in [0, 0.1) is 0 Å². The van der Waals surface area contributed by atoms with Crippen molar-refractivity contribution in [3.63, 3.8) is 0 Å². The zero-order chi connectivity index (χ0) is 23.7. The van der Waals surface area contributed by atoms with Crippen molar-refractivity contribution in [1.29, 1.82) is 0 Å². The van der Waals surface area contributed by atoms with Gasteiger partial charge in [0.15, 0.2) is 11.5 Å². The predicted molar refractivity (Wildman–Crippen MR) is 123 cm³/mol. The van der Waals surface area contributed by atoms with Crippen molar-refractivity contribution in [2.24, 2.45) is 0 Å². The lowest BCUT2D eigenvalue weighted by Crippen LogP contribution is -2.24. The van der Waals surface area contributed by atoms with Gasteiger partial charge in [-0.2, -0.15) is 0 Å². The molecule has 0 radical (unpaired) electrons. The average molecular weight is 457 g/mol. The number of carbonyl (C=O) groups excluding carboxylic acids is 2. The Kier molecular flexibility index (Phi) is 5.35. The molecule has 4 aromatic rings. The molecule has 3 aromatic carbocycles. The molecule has 0 unspecified atom stereocenters. The summed E-state index contributed by atoms with van der Waals surface area (Å²) < 4.78 is 10.7. The van der Waals surface area contributed by atoms with E-state index < -0.39 is 11.9 Å². The van der Waals surface area contributed by atoms with Crippen LogP contribution in [0.2, 0.25) is 0 Å². The average Bonchev–Trinajstić information content (AvgIpc) is 3.46. The van der Waals surface area contributed by atoms with Gasteiger partial charge in [0.05, 0.1) is 11.1 Å². The van der Waals surface area contributed by atoms with Crippen LogP contribution in [0.25, 0.3) is 10.9 Å². The third-order valence-electron chi connectivity index (χ3n) is 5.46. The number of benzene rings is 3. The second-order valence-electron chi connectivity index (χ2n) is 7.63. The molecule has 0 spiro atoms. The van der Waals surface area contributed by atoms with Crippen molar-refractivity contribution in [3.8, 4) is 11.5 Å². The van der Waals surface area contributed by atoms with Gasteiger partial charge >= 0.3 is 5.97 Å². The minimum atomic E-state index is -1.08. The van der Waals surface area contributed by atoms with Crippen LogP contribution in [0.3, 0.4) is 0 Å². The van der Waals surface area contributed by atoms with E-state index >= 15 is 0 Å². The van der Waals surface area contributed by atoms with Crippen molar-refractivity contribution in [3.05, 3.63) is 89.0 Å². The number of hydrogen-bond acceptors (Lipinski definition) is 5. The number of aromatic carboxylic acids is 1. The van der Waals surface area contributed by atoms with Crippen LogP contribution >= 0.6 is 0 Å². The van der Waals surface area contributed by atoms with Crippen molar-refractivity contribution < 1.29 is 29.0 Å². The van der Waals surface area contributed by atoms with Crippen LogP contribution in [0.4, 0.5) is 5.82 Å². The van der Waals surface area contributed by atoms with E-state index in [2.05, 4.69) is 15.6 Å². The lowest BCUT2D eigenvalue weighted by atomic mass is 10.1. The van der Waals surface area contributed by atoms with Gasteiger partial charge in [-0.3, -0.25) is 9.59 Å². The van der Waals surface area contributed by atoms with Gasteiger partial charge in [0, 0.05) is 23.0 Å². The number of aromatic nitrogens is 1. The molecule has 34 heavy (non-hydrogen) atoms. The summed E-state index contributed by atoms with van der Waals surface area (Å²) in [5.41, 5.74) is 2.15. The molecular formula is C25H19N3O6. The van der Waals surface area contributed by atoms with Crippen LogP contribution in [-0.2, 0) is 6.54 Å².